The third-order valence-corrected chi connectivity index (χ3v) is 10.1. The molecule has 1 aliphatic heterocycles. The van der Waals surface area contributed by atoms with Gasteiger partial charge in [-0.1, -0.05) is 81.4 Å². The summed E-state index contributed by atoms with van der Waals surface area (Å²) >= 11 is 0. The first-order valence-electron chi connectivity index (χ1n) is 9.05. The van der Waals surface area contributed by atoms with E-state index in [-0.39, 0.29) is 18.3 Å². The lowest BCUT2D eigenvalue weighted by molar-refractivity contribution is 0.0352. The van der Waals surface area contributed by atoms with Gasteiger partial charge in [0, 0.05) is 0 Å². The predicted octanol–water partition coefficient (Wildman–Crippen LogP) is 2.66. The van der Waals surface area contributed by atoms with Gasteiger partial charge in [0.2, 0.25) is 0 Å². The van der Waals surface area contributed by atoms with Crippen LogP contribution in [0.4, 0.5) is 4.39 Å². The summed E-state index contributed by atoms with van der Waals surface area (Å²) in [5.74, 6) is 0. The number of aliphatic hydroxyl groups excluding tert-OH is 1. The molecular weight excluding hydrogens is 347 g/mol. The second-order valence-corrected chi connectivity index (χ2v) is 12.2. The van der Waals surface area contributed by atoms with Crippen molar-refractivity contribution in [3.63, 3.8) is 0 Å². The number of hydrogen-bond donors (Lipinski definition) is 1. The van der Waals surface area contributed by atoms with Crippen molar-refractivity contribution in [3.8, 4) is 0 Å². The Morgan fingerprint density at radius 1 is 1.04 bits per heavy atom. The van der Waals surface area contributed by atoms with E-state index in [1.165, 1.54) is 0 Å². The fourth-order valence-electron chi connectivity index (χ4n) is 3.76. The van der Waals surface area contributed by atoms with E-state index in [1.54, 1.807) is 0 Å². The van der Waals surface area contributed by atoms with Crippen molar-refractivity contribution in [1.82, 2.24) is 0 Å². The normalized spacial score (nSPS) is 24.0. The third-order valence-electron chi connectivity index (χ3n) is 5.08. The van der Waals surface area contributed by atoms with Crippen LogP contribution in [0.2, 0.25) is 5.04 Å². The Bertz CT molecular complexity index is 663. The molecule has 1 heterocycles. The molecule has 0 saturated carbocycles. The van der Waals surface area contributed by atoms with Crippen LogP contribution in [0.5, 0.6) is 0 Å². The minimum Gasteiger partial charge on any atom is -0.405 e. The molecule has 26 heavy (non-hydrogen) atoms. The maximum absolute atomic E-state index is 14.2. The van der Waals surface area contributed by atoms with Crippen LogP contribution in [-0.2, 0) is 9.16 Å². The minimum atomic E-state index is -2.70. The van der Waals surface area contributed by atoms with Gasteiger partial charge < -0.3 is 14.3 Å². The third kappa shape index (κ3) is 3.49. The van der Waals surface area contributed by atoms with E-state index < -0.39 is 26.7 Å². The van der Waals surface area contributed by atoms with Gasteiger partial charge >= 0.3 is 0 Å². The molecule has 3 rings (SSSR count). The van der Waals surface area contributed by atoms with Crippen molar-refractivity contribution in [2.24, 2.45) is 0 Å². The molecule has 3 atom stereocenters. The number of benzene rings is 2. The Balaban J connectivity index is 2.03. The Morgan fingerprint density at radius 3 is 1.92 bits per heavy atom. The van der Waals surface area contributed by atoms with Crippen LogP contribution in [0.25, 0.3) is 0 Å². The molecule has 1 N–H and O–H groups in total. The second kappa shape index (κ2) is 7.60. The second-order valence-electron chi connectivity index (χ2n) is 7.86. The largest absolute Gasteiger partial charge is 0.405 e. The highest BCUT2D eigenvalue weighted by Crippen LogP contribution is 2.37. The number of rotatable bonds is 5. The molecule has 1 saturated heterocycles. The molecule has 0 amide bonds. The van der Waals surface area contributed by atoms with Gasteiger partial charge in [-0.3, -0.25) is 0 Å². The zero-order valence-corrected chi connectivity index (χ0v) is 16.6. The van der Waals surface area contributed by atoms with Crippen molar-refractivity contribution in [3.05, 3.63) is 60.7 Å². The summed E-state index contributed by atoms with van der Waals surface area (Å²) < 4.78 is 26.3. The van der Waals surface area contributed by atoms with Crippen LogP contribution in [0.1, 0.15) is 20.8 Å². The molecule has 5 heteroatoms. The first kappa shape index (κ1) is 19.2. The summed E-state index contributed by atoms with van der Waals surface area (Å²) in [6, 6.07) is 20.4. The zero-order valence-electron chi connectivity index (χ0n) is 15.6. The standard InChI is InChI=1S/C21H27FO3Si/c1-21(2,3)26(16-10-6-4-7-11-16,17-12-8-5-9-13-17)25-15-19-20(22)18(23)14-24-19/h4-13,18-20,23H,14-15H2,1-3H3/t18-,19-,20+/m1/s1. The molecule has 0 aromatic heterocycles. The minimum absolute atomic E-state index is 0.0238. The van der Waals surface area contributed by atoms with Crippen molar-refractivity contribution < 1.29 is 18.7 Å². The zero-order chi connectivity index (χ0) is 18.8. The molecule has 0 unspecified atom stereocenters. The van der Waals surface area contributed by atoms with Gasteiger partial charge in [0.05, 0.1) is 13.2 Å². The highest BCUT2D eigenvalue weighted by atomic mass is 28.4. The van der Waals surface area contributed by atoms with Crippen LogP contribution in [-0.4, -0.2) is 45.0 Å². The van der Waals surface area contributed by atoms with Crippen LogP contribution < -0.4 is 10.4 Å². The van der Waals surface area contributed by atoms with Gasteiger partial charge in [0.25, 0.3) is 8.32 Å². The maximum Gasteiger partial charge on any atom is 0.261 e. The Hall–Kier alpha value is -1.53. The molecule has 2 aromatic carbocycles. The SMILES string of the molecule is CC(C)(C)[Si](OC[C@H]1OC[C@@H](O)[C@@H]1F)(c1ccccc1)c1ccccc1. The van der Waals surface area contributed by atoms with Crippen molar-refractivity contribution in [2.75, 3.05) is 13.2 Å². The van der Waals surface area contributed by atoms with Crippen LogP contribution >= 0.6 is 0 Å². The summed E-state index contributed by atoms with van der Waals surface area (Å²) in [7, 11) is -2.70. The van der Waals surface area contributed by atoms with Crippen molar-refractivity contribution >= 4 is 18.7 Å². The van der Waals surface area contributed by atoms with Crippen LogP contribution in [0.3, 0.4) is 0 Å². The lowest BCUT2D eigenvalue weighted by Gasteiger charge is -2.43. The van der Waals surface area contributed by atoms with E-state index in [0.717, 1.165) is 10.4 Å². The molecule has 140 valence electrons. The molecular formula is C21H27FO3Si. The van der Waals surface area contributed by atoms with E-state index >= 15 is 0 Å². The average Bonchev–Trinajstić information content (AvgIpc) is 2.95. The first-order chi connectivity index (χ1) is 12.4. The molecule has 0 radical (unpaired) electrons. The van der Waals surface area contributed by atoms with Crippen LogP contribution in [0.15, 0.2) is 60.7 Å². The Labute approximate surface area is 155 Å². The predicted molar refractivity (Wildman–Crippen MR) is 104 cm³/mol. The quantitative estimate of drug-likeness (QED) is 0.818. The molecule has 3 nitrogen and oxygen atoms in total. The fraction of sp³-hybridized carbons (Fsp3) is 0.429. The van der Waals surface area contributed by atoms with Crippen LogP contribution in [0, 0.1) is 0 Å². The first-order valence-corrected chi connectivity index (χ1v) is 11.0. The molecule has 0 spiro atoms. The molecule has 2 aromatic rings. The monoisotopic (exact) mass is 374 g/mol. The molecule has 1 aliphatic rings. The lowest BCUT2D eigenvalue weighted by atomic mass is 10.2. The van der Waals surface area contributed by atoms with Gasteiger partial charge in [0.15, 0.2) is 6.17 Å². The van der Waals surface area contributed by atoms with Gasteiger partial charge in [-0.05, 0) is 15.4 Å². The number of aliphatic hydroxyl groups is 1. The van der Waals surface area contributed by atoms with Crippen molar-refractivity contribution in [1.29, 1.82) is 0 Å². The molecule has 0 bridgehead atoms. The molecule has 0 aliphatic carbocycles. The number of ether oxygens (including phenoxy) is 1. The lowest BCUT2D eigenvalue weighted by Crippen LogP contribution is -2.67. The van der Waals surface area contributed by atoms with E-state index in [4.69, 9.17) is 9.16 Å². The van der Waals surface area contributed by atoms with E-state index in [0.29, 0.717) is 0 Å². The van der Waals surface area contributed by atoms with E-state index in [2.05, 4.69) is 45.0 Å². The highest BCUT2D eigenvalue weighted by molar-refractivity contribution is 6.99. The summed E-state index contributed by atoms with van der Waals surface area (Å²) in [4.78, 5) is 0. The van der Waals surface area contributed by atoms with Gasteiger partial charge in [-0.25, -0.2) is 4.39 Å². The summed E-state index contributed by atoms with van der Waals surface area (Å²) in [5.41, 5.74) is 0. The molecule has 1 fully saturated rings. The van der Waals surface area contributed by atoms with Gasteiger partial charge in [-0.2, -0.15) is 0 Å². The number of alkyl halides is 1. The highest BCUT2D eigenvalue weighted by Gasteiger charge is 2.51. The van der Waals surface area contributed by atoms with Gasteiger partial charge in [0.1, 0.15) is 12.2 Å². The number of halogens is 1. The van der Waals surface area contributed by atoms with E-state index in [1.807, 2.05) is 36.4 Å². The average molecular weight is 375 g/mol. The topological polar surface area (TPSA) is 38.7 Å². The summed E-state index contributed by atoms with van der Waals surface area (Å²) in [5, 5.41) is 11.8. The Morgan fingerprint density at radius 2 is 1.54 bits per heavy atom. The van der Waals surface area contributed by atoms with E-state index in [9.17, 15) is 9.50 Å². The maximum atomic E-state index is 14.2. The summed E-state index contributed by atoms with van der Waals surface area (Å²) in [6.45, 7) is 6.69. The number of hydrogen-bond acceptors (Lipinski definition) is 3. The summed E-state index contributed by atoms with van der Waals surface area (Å²) in [6.07, 6.45) is -3.21. The van der Waals surface area contributed by atoms with Crippen molar-refractivity contribution in [2.45, 2.75) is 44.2 Å². The Kier molecular flexibility index (Phi) is 5.63. The van der Waals surface area contributed by atoms with Gasteiger partial charge in [-0.15, -0.1) is 0 Å². The smallest absolute Gasteiger partial charge is 0.261 e. The fourth-order valence-corrected chi connectivity index (χ4v) is 8.33.